The van der Waals surface area contributed by atoms with Crippen LogP contribution in [0.4, 0.5) is 14.0 Å². The summed E-state index contributed by atoms with van der Waals surface area (Å²) in [7, 11) is 2.53. The summed E-state index contributed by atoms with van der Waals surface area (Å²) in [5.41, 5.74) is 4.93. The topological polar surface area (TPSA) is 227 Å². The third-order valence-corrected chi connectivity index (χ3v) is 14.5. The quantitative estimate of drug-likeness (QED) is 0.0909. The molecule has 368 valence electrons. The van der Waals surface area contributed by atoms with Crippen LogP contribution in [0.2, 0.25) is 0 Å². The number of H-pyrrole nitrogens is 2. The average Bonchev–Trinajstić information content (AvgIpc) is 4.24. The Morgan fingerprint density at radius 1 is 0.775 bits per heavy atom. The van der Waals surface area contributed by atoms with Gasteiger partial charge in [-0.05, 0) is 73.9 Å². The molecule has 0 saturated carbocycles. The zero-order chi connectivity index (χ0) is 49.7. The number of carbonyl (C=O) groups is 4. The third-order valence-electron chi connectivity index (χ3n) is 13.5. The van der Waals surface area contributed by atoms with E-state index >= 15 is 4.39 Å². The first-order chi connectivity index (χ1) is 34.3. The van der Waals surface area contributed by atoms with E-state index in [1.807, 2.05) is 56.5 Å². The Bertz CT molecular complexity index is 3150. The highest BCUT2D eigenvalue weighted by atomic mass is 32.1. The zero-order valence-electron chi connectivity index (χ0n) is 39.9. The lowest BCUT2D eigenvalue weighted by Crippen LogP contribution is -2.51. The summed E-state index contributed by atoms with van der Waals surface area (Å²) >= 11 is 1.41. The molecule has 21 heteroatoms. The van der Waals surface area contributed by atoms with E-state index in [9.17, 15) is 19.2 Å². The van der Waals surface area contributed by atoms with E-state index in [1.165, 1.54) is 38.0 Å². The molecule has 3 aliphatic rings. The van der Waals surface area contributed by atoms with Gasteiger partial charge in [-0.15, -0.1) is 11.3 Å². The van der Waals surface area contributed by atoms with Gasteiger partial charge >= 0.3 is 12.2 Å². The van der Waals surface area contributed by atoms with Crippen LogP contribution in [0.15, 0.2) is 73.6 Å². The second-order valence-electron chi connectivity index (χ2n) is 18.6. The lowest BCUT2D eigenvalue weighted by Gasteiger charge is -2.30. The number of aromatic nitrogens is 8. The molecule has 4 N–H and O–H groups in total. The maximum atomic E-state index is 17.0. The highest BCUT2D eigenvalue weighted by molar-refractivity contribution is 7.15. The number of thiazole rings is 1. The molecular formula is C50H53FN12O7S. The molecule has 5 aromatic heterocycles. The van der Waals surface area contributed by atoms with Crippen LogP contribution >= 0.6 is 11.3 Å². The maximum absolute atomic E-state index is 17.0. The third kappa shape index (κ3) is 8.82. The first-order valence-corrected chi connectivity index (χ1v) is 24.4. The molecule has 3 aliphatic heterocycles. The minimum atomic E-state index is -0.789. The Morgan fingerprint density at radius 2 is 1.39 bits per heavy atom. The first kappa shape index (κ1) is 47.0. The van der Waals surface area contributed by atoms with Crippen molar-refractivity contribution in [3.8, 4) is 50.2 Å². The number of hydrogen-bond donors (Lipinski definition) is 4. The summed E-state index contributed by atoms with van der Waals surface area (Å²) in [6.45, 7) is 8.50. The van der Waals surface area contributed by atoms with Crippen molar-refractivity contribution in [3.63, 3.8) is 0 Å². The number of hydrogen-bond acceptors (Lipinski definition) is 13. The van der Waals surface area contributed by atoms with E-state index < -0.39 is 36.3 Å². The lowest BCUT2D eigenvalue weighted by molar-refractivity contribution is -0.136. The fourth-order valence-corrected chi connectivity index (χ4v) is 10.8. The number of nitrogens with zero attached hydrogens (tertiary/aromatic N) is 8. The van der Waals surface area contributed by atoms with Gasteiger partial charge in [0.2, 0.25) is 18.0 Å². The van der Waals surface area contributed by atoms with E-state index in [0.29, 0.717) is 71.0 Å². The van der Waals surface area contributed by atoms with Gasteiger partial charge < -0.3 is 44.6 Å². The molecule has 0 bridgehead atoms. The van der Waals surface area contributed by atoms with E-state index in [4.69, 9.17) is 29.2 Å². The highest BCUT2D eigenvalue weighted by Gasteiger charge is 2.40. The number of amides is 4. The fourth-order valence-electron chi connectivity index (χ4n) is 9.91. The summed E-state index contributed by atoms with van der Waals surface area (Å²) in [6.07, 6.45) is 9.05. The molecule has 0 spiro atoms. The largest absolute Gasteiger partial charge is 0.464 e. The van der Waals surface area contributed by atoms with Gasteiger partial charge in [0.05, 0.1) is 71.7 Å². The number of methoxy groups -OCH3 is 2. The number of likely N-dealkylation sites (tertiary alicyclic amines) is 2. The molecule has 0 radical (unpaired) electrons. The standard InChI is InChI=1S/C50H53FN12O7S/c1-25(2)41(59-49(66)68-5)46(64)61-15-7-9-35(61)43-53-21-32(57-43)27-11-12-34-29(17-27)19-37-40-30(51)18-28(20-38(40)70-48(63(34)37)39-23-55-45(71-39)31-13-14-52-24-56-31)33-22-54-44(58-33)36-10-8-16-62(36)47(65)42(26(3)4)60-50(67)69-6/h11-14,17-26,35-36,41-42,48H,7-10,15-16H2,1-6H3,(H,53,57)(H,54,58)(H,59,66)(H,60,67)/t35-,36-,41-,42-,48?/m0/s1. The van der Waals surface area contributed by atoms with Gasteiger partial charge in [-0.1, -0.05) is 33.8 Å². The Hall–Kier alpha value is -7.68. The first-order valence-electron chi connectivity index (χ1n) is 23.6. The smallest absolute Gasteiger partial charge is 0.407 e. The van der Waals surface area contributed by atoms with Crippen LogP contribution in [0.5, 0.6) is 5.75 Å². The molecule has 10 rings (SSSR count). The van der Waals surface area contributed by atoms with Gasteiger partial charge in [0, 0.05) is 42.0 Å². The Morgan fingerprint density at radius 3 is 1.97 bits per heavy atom. The van der Waals surface area contributed by atoms with Crippen LogP contribution in [-0.2, 0) is 19.1 Å². The number of alkyl carbamates (subject to hydrolysis) is 2. The van der Waals surface area contributed by atoms with Gasteiger partial charge in [0.15, 0.2) is 0 Å². The minimum Gasteiger partial charge on any atom is -0.464 e. The van der Waals surface area contributed by atoms with Crippen molar-refractivity contribution in [2.24, 2.45) is 11.8 Å². The summed E-state index contributed by atoms with van der Waals surface area (Å²) in [5, 5.41) is 6.87. The lowest BCUT2D eigenvalue weighted by atomic mass is 10.0. The molecule has 2 fully saturated rings. The fraction of sp³-hybridized carbons (Fsp3) is 0.380. The minimum absolute atomic E-state index is 0.167. The van der Waals surface area contributed by atoms with Gasteiger partial charge in [-0.25, -0.2) is 38.9 Å². The van der Waals surface area contributed by atoms with E-state index in [1.54, 1.807) is 46.7 Å². The van der Waals surface area contributed by atoms with Gasteiger partial charge in [-0.3, -0.25) is 14.2 Å². The Kier molecular flexibility index (Phi) is 12.8. The summed E-state index contributed by atoms with van der Waals surface area (Å²) in [5.74, 6) is 0.205. The van der Waals surface area contributed by atoms with Crippen molar-refractivity contribution in [1.82, 2.24) is 59.9 Å². The van der Waals surface area contributed by atoms with Crippen LogP contribution in [0.25, 0.3) is 55.4 Å². The summed E-state index contributed by atoms with van der Waals surface area (Å²) in [6, 6.07) is 10.7. The monoisotopic (exact) mass is 984 g/mol. The molecule has 71 heavy (non-hydrogen) atoms. The number of nitrogens with one attached hydrogen (secondary N) is 4. The molecule has 7 aromatic rings. The second-order valence-corrected chi connectivity index (χ2v) is 19.7. The van der Waals surface area contributed by atoms with Crippen LogP contribution in [0.3, 0.4) is 0 Å². The molecule has 2 aromatic carbocycles. The second kappa shape index (κ2) is 19.3. The van der Waals surface area contributed by atoms with Gasteiger partial charge in [0.25, 0.3) is 0 Å². The summed E-state index contributed by atoms with van der Waals surface area (Å²) in [4.78, 5) is 85.7. The number of benzene rings is 2. The SMILES string of the molecule is COC(=O)N[C@H](C(=O)N1CCC[C@H]1c1ncc(-c2cc(F)c3c(c2)OC(c2cnc(-c4ccncn4)s2)n2c-3cc3cc(-c4cnc([C@@H]5CCCN5C(=O)[C@@H](NC(=O)OC)C(C)C)[nH]4)ccc32)[nH]1)C(C)C. The molecule has 5 atom stereocenters. The maximum Gasteiger partial charge on any atom is 0.407 e. The van der Waals surface area contributed by atoms with Crippen molar-refractivity contribution >= 4 is 46.2 Å². The van der Waals surface area contributed by atoms with Crippen molar-refractivity contribution in [1.29, 1.82) is 0 Å². The molecule has 1 unspecified atom stereocenters. The zero-order valence-corrected chi connectivity index (χ0v) is 40.8. The summed E-state index contributed by atoms with van der Waals surface area (Å²) < 4.78 is 35.4. The van der Waals surface area contributed by atoms with Crippen molar-refractivity contribution in [3.05, 3.63) is 95.9 Å². The Balaban J connectivity index is 0.983. The normalized spacial score (nSPS) is 18.3. The predicted molar refractivity (Wildman–Crippen MR) is 260 cm³/mol. The number of aromatic amines is 2. The molecule has 19 nitrogen and oxygen atoms in total. The van der Waals surface area contributed by atoms with Crippen LogP contribution < -0.4 is 15.4 Å². The van der Waals surface area contributed by atoms with E-state index in [-0.39, 0.29) is 41.3 Å². The number of ether oxygens (including phenoxy) is 3. The molecule has 8 heterocycles. The van der Waals surface area contributed by atoms with E-state index in [2.05, 4.69) is 30.6 Å². The van der Waals surface area contributed by atoms with Crippen LogP contribution in [0, 0.1) is 17.7 Å². The molecule has 2 saturated heterocycles. The van der Waals surface area contributed by atoms with Gasteiger partial charge in [-0.2, -0.15) is 0 Å². The highest BCUT2D eigenvalue weighted by Crippen LogP contribution is 2.48. The number of fused-ring (bicyclic) bond motifs is 5. The molecular weight excluding hydrogens is 932 g/mol. The number of rotatable bonds is 12. The van der Waals surface area contributed by atoms with Gasteiger partial charge in [0.1, 0.15) is 52.3 Å². The molecule has 0 aliphatic carbocycles. The molecule has 4 amide bonds. The van der Waals surface area contributed by atoms with Crippen LogP contribution in [-0.4, -0.2) is 113 Å². The predicted octanol–water partition coefficient (Wildman–Crippen LogP) is 8.17. The number of halogens is 1. The average molecular weight is 985 g/mol. The van der Waals surface area contributed by atoms with E-state index in [0.717, 1.165) is 39.9 Å². The van der Waals surface area contributed by atoms with Crippen molar-refractivity contribution in [2.45, 2.75) is 83.8 Å². The number of carbonyl (C=O) groups excluding carboxylic acids is 4. The van der Waals surface area contributed by atoms with Crippen molar-refractivity contribution in [2.75, 3.05) is 27.3 Å². The Labute approximate surface area is 411 Å². The van der Waals surface area contributed by atoms with Crippen LogP contribution in [0.1, 0.15) is 88.2 Å². The number of imidazole rings is 2. The van der Waals surface area contributed by atoms with Crippen molar-refractivity contribution < 1.29 is 37.8 Å².